The number of aromatic nitrogens is 5. The van der Waals surface area contributed by atoms with Gasteiger partial charge in [-0.25, -0.2) is 0 Å². The first-order valence-corrected chi connectivity index (χ1v) is 11.8. The van der Waals surface area contributed by atoms with Crippen molar-refractivity contribution in [1.82, 2.24) is 25.0 Å². The fraction of sp³-hybridized carbons (Fsp3) is 0.333. The van der Waals surface area contributed by atoms with Crippen LogP contribution in [0.3, 0.4) is 0 Å². The number of ether oxygens (including phenoxy) is 1. The molecule has 0 radical (unpaired) electrons. The molecule has 0 amide bonds. The third kappa shape index (κ3) is 4.23. The van der Waals surface area contributed by atoms with E-state index < -0.39 is 0 Å². The molecule has 31 heavy (non-hydrogen) atoms. The lowest BCUT2D eigenvalue weighted by molar-refractivity contribution is 0.122. The molecule has 3 aromatic heterocycles. The Kier molecular flexibility index (Phi) is 5.75. The van der Waals surface area contributed by atoms with E-state index in [1.165, 1.54) is 5.56 Å². The first-order valence-electron chi connectivity index (χ1n) is 10.1. The zero-order valence-corrected chi connectivity index (χ0v) is 18.9. The van der Waals surface area contributed by atoms with Gasteiger partial charge in [0, 0.05) is 13.1 Å². The second kappa shape index (κ2) is 8.81. The molecule has 8 nitrogen and oxygen atoms in total. The molecular formula is C21H22N6O2S2. The van der Waals surface area contributed by atoms with Crippen molar-refractivity contribution in [3.05, 3.63) is 53.2 Å². The van der Waals surface area contributed by atoms with E-state index in [9.17, 15) is 0 Å². The van der Waals surface area contributed by atoms with Crippen molar-refractivity contribution in [1.29, 1.82) is 0 Å². The summed E-state index contributed by atoms with van der Waals surface area (Å²) >= 11 is 3.14. The predicted molar refractivity (Wildman–Crippen MR) is 121 cm³/mol. The number of rotatable bonds is 6. The highest BCUT2D eigenvalue weighted by atomic mass is 32.2. The molecule has 0 saturated carbocycles. The van der Waals surface area contributed by atoms with Gasteiger partial charge >= 0.3 is 0 Å². The van der Waals surface area contributed by atoms with Gasteiger partial charge in [-0.2, -0.15) is 0 Å². The van der Waals surface area contributed by atoms with Crippen molar-refractivity contribution in [2.24, 2.45) is 0 Å². The quantitative estimate of drug-likeness (QED) is 0.397. The Morgan fingerprint density at radius 1 is 1.03 bits per heavy atom. The first kappa shape index (κ1) is 20.2. The Hall–Kier alpha value is -2.69. The van der Waals surface area contributed by atoms with Crippen molar-refractivity contribution >= 4 is 29.0 Å². The van der Waals surface area contributed by atoms with E-state index in [1.54, 1.807) is 23.1 Å². The number of nitrogens with zero attached hydrogens (tertiary/aromatic N) is 6. The van der Waals surface area contributed by atoms with E-state index in [0.717, 1.165) is 34.8 Å². The molecule has 0 N–H and O–H groups in total. The van der Waals surface area contributed by atoms with E-state index in [1.807, 2.05) is 24.4 Å². The lowest BCUT2D eigenvalue weighted by Crippen LogP contribution is -2.37. The molecular weight excluding hydrogens is 432 g/mol. The van der Waals surface area contributed by atoms with Gasteiger partial charge in [0.1, 0.15) is 0 Å². The standard InChI is InChI=1S/C21H22N6O2S2/c1-14-5-7-16(8-6-14)27-20(26-9-11-28-12-10-26)24-25-21(27)31-15(2)18-22-23-19(29-18)17-4-3-13-30-17/h3-8,13,15H,9-12H2,1-2H3/t15-/m0/s1. The van der Waals surface area contributed by atoms with Gasteiger partial charge in [-0.3, -0.25) is 4.57 Å². The summed E-state index contributed by atoms with van der Waals surface area (Å²) in [5.74, 6) is 1.94. The summed E-state index contributed by atoms with van der Waals surface area (Å²) < 4.78 is 13.5. The maximum Gasteiger partial charge on any atom is 0.257 e. The van der Waals surface area contributed by atoms with Gasteiger partial charge < -0.3 is 14.1 Å². The molecule has 1 saturated heterocycles. The molecule has 1 fully saturated rings. The van der Waals surface area contributed by atoms with E-state index in [0.29, 0.717) is 25.0 Å². The summed E-state index contributed by atoms with van der Waals surface area (Å²) in [5.41, 5.74) is 2.23. The third-order valence-electron chi connectivity index (χ3n) is 5.00. The van der Waals surface area contributed by atoms with Crippen molar-refractivity contribution in [3.63, 3.8) is 0 Å². The number of hydrogen-bond acceptors (Lipinski definition) is 9. The number of aryl methyl sites for hydroxylation is 1. The predicted octanol–water partition coefficient (Wildman–Crippen LogP) is 4.38. The fourth-order valence-electron chi connectivity index (χ4n) is 3.33. The molecule has 160 valence electrons. The van der Waals surface area contributed by atoms with Crippen LogP contribution in [0.1, 0.15) is 23.6 Å². The van der Waals surface area contributed by atoms with Crippen LogP contribution in [0, 0.1) is 6.92 Å². The molecule has 1 aromatic carbocycles. The van der Waals surface area contributed by atoms with Gasteiger partial charge in [0.05, 0.1) is 29.0 Å². The number of hydrogen-bond donors (Lipinski definition) is 0. The summed E-state index contributed by atoms with van der Waals surface area (Å²) in [6, 6.07) is 12.3. The summed E-state index contributed by atoms with van der Waals surface area (Å²) in [7, 11) is 0. The maximum absolute atomic E-state index is 5.93. The van der Waals surface area contributed by atoms with Crippen LogP contribution in [0.25, 0.3) is 16.5 Å². The summed E-state index contributed by atoms with van der Waals surface area (Å²) in [6.07, 6.45) is 0. The van der Waals surface area contributed by atoms with Crippen molar-refractivity contribution < 1.29 is 9.15 Å². The van der Waals surface area contributed by atoms with Gasteiger partial charge in [-0.05, 0) is 37.4 Å². The first-order chi connectivity index (χ1) is 15.2. The van der Waals surface area contributed by atoms with Crippen LogP contribution in [0.2, 0.25) is 0 Å². The average molecular weight is 455 g/mol. The molecule has 0 aliphatic carbocycles. The molecule has 4 aromatic rings. The van der Waals surface area contributed by atoms with E-state index >= 15 is 0 Å². The Morgan fingerprint density at radius 3 is 2.58 bits per heavy atom. The zero-order chi connectivity index (χ0) is 21.2. The highest BCUT2D eigenvalue weighted by molar-refractivity contribution is 7.99. The van der Waals surface area contributed by atoms with Crippen LogP contribution in [0.15, 0.2) is 51.4 Å². The molecule has 10 heteroatoms. The SMILES string of the molecule is Cc1ccc(-n2c(S[C@@H](C)c3nnc(-c4cccs4)o3)nnc2N2CCOCC2)cc1. The van der Waals surface area contributed by atoms with Crippen LogP contribution in [-0.4, -0.2) is 51.3 Å². The second-order valence-corrected chi connectivity index (χ2v) is 9.49. The number of thiophene rings is 1. The number of anilines is 1. The van der Waals surface area contributed by atoms with Crippen LogP contribution in [0.5, 0.6) is 0 Å². The topological polar surface area (TPSA) is 82.1 Å². The summed E-state index contributed by atoms with van der Waals surface area (Å²) in [4.78, 5) is 3.18. The van der Waals surface area contributed by atoms with Crippen molar-refractivity contribution in [2.75, 3.05) is 31.2 Å². The summed E-state index contributed by atoms with van der Waals surface area (Å²) in [6.45, 7) is 7.08. The maximum atomic E-state index is 5.93. The van der Waals surface area contributed by atoms with Gasteiger partial charge in [0.15, 0.2) is 5.16 Å². The minimum atomic E-state index is -0.0767. The van der Waals surface area contributed by atoms with Crippen LogP contribution >= 0.6 is 23.1 Å². The van der Waals surface area contributed by atoms with E-state index in [4.69, 9.17) is 9.15 Å². The minimum Gasteiger partial charge on any atom is -0.419 e. The molecule has 4 heterocycles. The highest BCUT2D eigenvalue weighted by Gasteiger charge is 2.25. The molecule has 0 bridgehead atoms. The lowest BCUT2D eigenvalue weighted by atomic mass is 10.2. The Labute approximate surface area is 188 Å². The molecule has 1 aliphatic heterocycles. The van der Waals surface area contributed by atoms with E-state index in [-0.39, 0.29) is 5.25 Å². The highest BCUT2D eigenvalue weighted by Crippen LogP contribution is 2.37. The molecule has 5 rings (SSSR count). The molecule has 0 spiro atoms. The lowest BCUT2D eigenvalue weighted by Gasteiger charge is -2.28. The van der Waals surface area contributed by atoms with Gasteiger partial charge in [0.25, 0.3) is 5.89 Å². The van der Waals surface area contributed by atoms with Crippen molar-refractivity contribution in [3.8, 4) is 16.5 Å². The van der Waals surface area contributed by atoms with Crippen LogP contribution in [0.4, 0.5) is 5.95 Å². The Morgan fingerprint density at radius 2 is 1.84 bits per heavy atom. The Bertz CT molecular complexity index is 1130. The normalized spacial score (nSPS) is 15.4. The monoisotopic (exact) mass is 454 g/mol. The molecule has 0 unspecified atom stereocenters. The second-order valence-electron chi connectivity index (χ2n) is 7.24. The van der Waals surface area contributed by atoms with Crippen LogP contribution in [-0.2, 0) is 4.74 Å². The molecule has 1 aliphatic rings. The smallest absolute Gasteiger partial charge is 0.257 e. The van der Waals surface area contributed by atoms with Gasteiger partial charge in [-0.15, -0.1) is 31.7 Å². The van der Waals surface area contributed by atoms with Crippen molar-refractivity contribution in [2.45, 2.75) is 24.3 Å². The molecule has 1 atom stereocenters. The van der Waals surface area contributed by atoms with Gasteiger partial charge in [-0.1, -0.05) is 35.5 Å². The number of thioether (sulfide) groups is 1. The Balaban J connectivity index is 1.45. The average Bonchev–Trinajstić information content (AvgIpc) is 3.55. The number of benzene rings is 1. The largest absolute Gasteiger partial charge is 0.419 e. The zero-order valence-electron chi connectivity index (χ0n) is 17.3. The van der Waals surface area contributed by atoms with E-state index in [2.05, 4.69) is 61.1 Å². The number of morpholine rings is 1. The van der Waals surface area contributed by atoms with Gasteiger partial charge in [0.2, 0.25) is 11.8 Å². The third-order valence-corrected chi connectivity index (χ3v) is 6.89. The fourth-order valence-corrected chi connectivity index (χ4v) is 4.87. The van der Waals surface area contributed by atoms with Crippen LogP contribution < -0.4 is 4.90 Å². The minimum absolute atomic E-state index is 0.0767. The summed E-state index contributed by atoms with van der Waals surface area (Å²) in [5, 5.41) is 20.2.